The van der Waals surface area contributed by atoms with Crippen molar-refractivity contribution in [2.75, 3.05) is 5.32 Å². The molecule has 1 aromatic carbocycles. The number of nitrogens with zero attached hydrogens (tertiary/aromatic N) is 5. The van der Waals surface area contributed by atoms with Gasteiger partial charge < -0.3 is 5.32 Å². The molecule has 0 radical (unpaired) electrons. The van der Waals surface area contributed by atoms with Gasteiger partial charge in [0.2, 0.25) is 5.95 Å². The molecule has 0 spiro atoms. The van der Waals surface area contributed by atoms with E-state index in [-0.39, 0.29) is 0 Å². The van der Waals surface area contributed by atoms with Crippen molar-refractivity contribution in [2.24, 2.45) is 0 Å². The Balaban J connectivity index is 1.78. The largest absolute Gasteiger partial charge is 0.309 e. The van der Waals surface area contributed by atoms with Gasteiger partial charge >= 0.3 is 0 Å². The van der Waals surface area contributed by atoms with Crippen LogP contribution < -0.4 is 5.32 Å². The Labute approximate surface area is 166 Å². The molecule has 0 atom stereocenters. The van der Waals surface area contributed by atoms with Crippen molar-refractivity contribution in [1.82, 2.24) is 24.7 Å². The van der Waals surface area contributed by atoms with Gasteiger partial charge in [-0.15, -0.1) is 10.2 Å². The van der Waals surface area contributed by atoms with E-state index < -0.39 is 0 Å². The average molecular weight is 409 g/mol. The molecular formula is C17H18Cl2N6S. The molecule has 0 bridgehead atoms. The minimum Gasteiger partial charge on any atom is -0.309 e. The SMILES string of the molecule is CCc1nc(Cl)cc(Nc2nnc(SCc3ccccc3Cl)n2CC)n1. The molecule has 1 N–H and O–H groups in total. The van der Waals surface area contributed by atoms with Crippen LogP contribution in [0, 0.1) is 0 Å². The van der Waals surface area contributed by atoms with E-state index >= 15 is 0 Å². The third kappa shape index (κ3) is 4.47. The molecule has 0 saturated heterocycles. The van der Waals surface area contributed by atoms with Gasteiger partial charge in [-0.25, -0.2) is 9.97 Å². The third-order valence-corrected chi connectivity index (χ3v) is 5.22. The zero-order valence-corrected chi connectivity index (χ0v) is 16.7. The number of thioether (sulfide) groups is 1. The zero-order chi connectivity index (χ0) is 18.5. The third-order valence-electron chi connectivity index (χ3n) is 3.64. The molecule has 2 aromatic heterocycles. The van der Waals surface area contributed by atoms with Gasteiger partial charge in [-0.1, -0.05) is 60.1 Å². The van der Waals surface area contributed by atoms with Crippen LogP contribution >= 0.6 is 35.0 Å². The summed E-state index contributed by atoms with van der Waals surface area (Å²) in [5, 5.41) is 13.7. The van der Waals surface area contributed by atoms with Crippen molar-refractivity contribution in [1.29, 1.82) is 0 Å². The number of anilines is 2. The fraction of sp³-hybridized carbons (Fsp3) is 0.294. The van der Waals surface area contributed by atoms with Gasteiger partial charge in [0.05, 0.1) is 0 Å². The van der Waals surface area contributed by atoms with E-state index in [0.29, 0.717) is 29.2 Å². The molecule has 9 heteroatoms. The van der Waals surface area contributed by atoms with Gasteiger partial charge in [-0.2, -0.15) is 0 Å². The maximum absolute atomic E-state index is 6.22. The number of benzene rings is 1. The number of rotatable bonds is 7. The molecular weight excluding hydrogens is 391 g/mol. The van der Waals surface area contributed by atoms with Gasteiger partial charge in [0.25, 0.3) is 0 Å². The Kier molecular flexibility index (Phi) is 6.34. The van der Waals surface area contributed by atoms with E-state index in [1.807, 2.05) is 42.7 Å². The van der Waals surface area contributed by atoms with E-state index in [4.69, 9.17) is 23.2 Å². The van der Waals surface area contributed by atoms with E-state index in [1.54, 1.807) is 17.8 Å². The van der Waals surface area contributed by atoms with Crippen molar-refractivity contribution < 1.29 is 0 Å². The summed E-state index contributed by atoms with van der Waals surface area (Å²) in [6.45, 7) is 4.74. The Morgan fingerprint density at radius 1 is 1.12 bits per heavy atom. The highest BCUT2D eigenvalue weighted by Gasteiger charge is 2.13. The van der Waals surface area contributed by atoms with Crippen molar-refractivity contribution in [2.45, 2.75) is 37.7 Å². The fourth-order valence-electron chi connectivity index (χ4n) is 2.33. The molecule has 0 fully saturated rings. The maximum atomic E-state index is 6.22. The summed E-state index contributed by atoms with van der Waals surface area (Å²) in [6, 6.07) is 9.47. The molecule has 3 aromatic rings. The highest BCUT2D eigenvalue weighted by atomic mass is 35.5. The van der Waals surface area contributed by atoms with Gasteiger partial charge in [-0.3, -0.25) is 4.57 Å². The molecule has 26 heavy (non-hydrogen) atoms. The monoisotopic (exact) mass is 408 g/mol. The first-order chi connectivity index (χ1) is 12.6. The van der Waals surface area contributed by atoms with Gasteiger partial charge in [0.1, 0.15) is 16.8 Å². The van der Waals surface area contributed by atoms with Crippen molar-refractivity contribution >= 4 is 46.7 Å². The lowest BCUT2D eigenvalue weighted by molar-refractivity contribution is 0.688. The molecule has 136 valence electrons. The van der Waals surface area contributed by atoms with Crippen LogP contribution in [0.4, 0.5) is 11.8 Å². The van der Waals surface area contributed by atoms with Gasteiger partial charge in [0, 0.05) is 29.8 Å². The van der Waals surface area contributed by atoms with Crippen LogP contribution in [0.15, 0.2) is 35.5 Å². The summed E-state index contributed by atoms with van der Waals surface area (Å²) >= 11 is 13.9. The van der Waals surface area contributed by atoms with Crippen LogP contribution in [-0.2, 0) is 18.7 Å². The second-order valence-electron chi connectivity index (χ2n) is 5.40. The second-order valence-corrected chi connectivity index (χ2v) is 7.14. The Morgan fingerprint density at radius 3 is 2.65 bits per heavy atom. The van der Waals surface area contributed by atoms with E-state index in [2.05, 4.69) is 25.5 Å². The van der Waals surface area contributed by atoms with Gasteiger partial charge in [0.15, 0.2) is 5.16 Å². The zero-order valence-electron chi connectivity index (χ0n) is 14.4. The lowest BCUT2D eigenvalue weighted by Gasteiger charge is -2.10. The standard InChI is InChI=1S/C17H18Cl2N6S/c1-3-14-20-13(19)9-15(21-14)22-16-23-24-17(25(16)4-2)26-10-11-7-5-6-8-12(11)18/h5-9H,3-4,10H2,1-2H3,(H,20,21,22,23). The summed E-state index contributed by atoms with van der Waals surface area (Å²) < 4.78 is 1.99. The summed E-state index contributed by atoms with van der Waals surface area (Å²) in [6.07, 6.45) is 0.703. The first kappa shape index (κ1) is 18.9. The van der Waals surface area contributed by atoms with Crippen molar-refractivity contribution in [3.05, 3.63) is 51.9 Å². The number of nitrogens with one attached hydrogen (secondary N) is 1. The molecule has 0 aliphatic rings. The predicted molar refractivity (Wildman–Crippen MR) is 106 cm³/mol. The molecule has 3 rings (SSSR count). The van der Waals surface area contributed by atoms with Crippen LogP contribution in [0.1, 0.15) is 25.2 Å². The van der Waals surface area contributed by atoms with Crippen molar-refractivity contribution in [3.63, 3.8) is 0 Å². The van der Waals surface area contributed by atoms with Crippen molar-refractivity contribution in [3.8, 4) is 0 Å². The van der Waals surface area contributed by atoms with E-state index in [1.165, 1.54) is 0 Å². The molecule has 0 aliphatic heterocycles. The Bertz CT molecular complexity index is 899. The van der Waals surface area contributed by atoms with E-state index in [0.717, 1.165) is 28.0 Å². The average Bonchev–Trinajstić information content (AvgIpc) is 3.02. The summed E-state index contributed by atoms with van der Waals surface area (Å²) in [7, 11) is 0. The maximum Gasteiger partial charge on any atom is 0.230 e. The highest BCUT2D eigenvalue weighted by molar-refractivity contribution is 7.98. The minimum atomic E-state index is 0.398. The molecule has 0 aliphatic carbocycles. The number of hydrogen-bond donors (Lipinski definition) is 1. The lowest BCUT2D eigenvalue weighted by Crippen LogP contribution is -2.06. The van der Waals surface area contributed by atoms with Crippen LogP contribution in [-0.4, -0.2) is 24.7 Å². The second kappa shape index (κ2) is 8.70. The fourth-order valence-corrected chi connectivity index (χ4v) is 3.82. The molecule has 0 unspecified atom stereocenters. The quantitative estimate of drug-likeness (QED) is 0.438. The van der Waals surface area contributed by atoms with Crippen LogP contribution in [0.2, 0.25) is 10.2 Å². The highest BCUT2D eigenvalue weighted by Crippen LogP contribution is 2.27. The first-order valence-corrected chi connectivity index (χ1v) is 9.94. The topological polar surface area (TPSA) is 68.5 Å². The lowest BCUT2D eigenvalue weighted by atomic mass is 10.2. The smallest absolute Gasteiger partial charge is 0.230 e. The number of aryl methyl sites for hydroxylation is 1. The molecule has 0 saturated carbocycles. The summed E-state index contributed by atoms with van der Waals surface area (Å²) in [5.41, 5.74) is 1.06. The predicted octanol–water partition coefficient (Wildman–Crippen LogP) is 4.99. The first-order valence-electron chi connectivity index (χ1n) is 8.20. The number of aromatic nitrogens is 5. The van der Waals surface area contributed by atoms with E-state index in [9.17, 15) is 0 Å². The molecule has 6 nitrogen and oxygen atoms in total. The Morgan fingerprint density at radius 2 is 1.92 bits per heavy atom. The number of halogens is 2. The summed E-state index contributed by atoms with van der Waals surface area (Å²) in [4.78, 5) is 8.59. The van der Waals surface area contributed by atoms with Crippen LogP contribution in [0.5, 0.6) is 0 Å². The summed E-state index contributed by atoms with van der Waals surface area (Å²) in [5.74, 6) is 2.62. The van der Waals surface area contributed by atoms with Crippen LogP contribution in [0.3, 0.4) is 0 Å². The normalized spacial score (nSPS) is 10.9. The Hall–Kier alpha value is -1.83. The van der Waals surface area contributed by atoms with Crippen LogP contribution in [0.25, 0.3) is 0 Å². The minimum absolute atomic E-state index is 0.398. The molecule has 0 amide bonds. The van der Waals surface area contributed by atoms with Gasteiger partial charge in [-0.05, 0) is 18.6 Å². The molecule has 2 heterocycles. The number of hydrogen-bond acceptors (Lipinski definition) is 6.